The summed E-state index contributed by atoms with van der Waals surface area (Å²) in [5.74, 6) is 0. The number of benzene rings is 3. The highest BCUT2D eigenvalue weighted by molar-refractivity contribution is 5.63. The van der Waals surface area contributed by atoms with E-state index in [2.05, 4.69) is 216 Å². The lowest BCUT2D eigenvalue weighted by Crippen LogP contribution is -2.35. The van der Waals surface area contributed by atoms with Crippen molar-refractivity contribution in [3.63, 3.8) is 0 Å². The highest BCUT2D eigenvalue weighted by Crippen LogP contribution is 2.35. The van der Waals surface area contributed by atoms with E-state index < -0.39 is 6.85 Å². The van der Waals surface area contributed by atoms with Gasteiger partial charge in [-0.2, -0.15) is 0 Å². The second-order valence-electron chi connectivity index (χ2n) is 19.2. The van der Waals surface area contributed by atoms with Crippen molar-refractivity contribution in [1.82, 2.24) is 0 Å². The molecule has 0 fully saturated rings. The van der Waals surface area contributed by atoms with E-state index in [4.69, 9.17) is 4.11 Å². The Morgan fingerprint density at radius 1 is 0.413 bits per heavy atom. The maximum Gasteiger partial charge on any atom is 0.212 e. The Morgan fingerprint density at radius 3 is 1.24 bits per heavy atom. The average molecular weight is 850 g/mol. The van der Waals surface area contributed by atoms with Crippen LogP contribution >= 0.6 is 0 Å². The summed E-state index contributed by atoms with van der Waals surface area (Å²) >= 11 is 0. The fourth-order valence-electron chi connectivity index (χ4n) is 9.00. The minimum atomic E-state index is -2.06. The standard InChI is InChI=1S/3C20H28N/c2*1-7-20(5,8-2)17-10-12-19(21(6)14-17)18-11-9-15(3)13-16(18)4;1-7-20(5,8-2)18-14-21(6)19(13-16(18)4)17-12-10-9-11-15(17)3/h3*9-14H,7-8H2,1-6H3/q3*+1/i3D3;;. The van der Waals surface area contributed by atoms with E-state index in [1.165, 1.54) is 87.1 Å². The van der Waals surface area contributed by atoms with Crippen LogP contribution in [-0.4, -0.2) is 0 Å². The first-order valence-electron chi connectivity index (χ1n) is 25.2. The van der Waals surface area contributed by atoms with Gasteiger partial charge in [-0.25, -0.2) is 13.7 Å². The van der Waals surface area contributed by atoms with Crippen molar-refractivity contribution in [2.45, 2.75) is 159 Å². The van der Waals surface area contributed by atoms with Crippen LogP contribution in [0.2, 0.25) is 0 Å². The largest absolute Gasteiger partial charge is 0.212 e. The molecule has 0 N–H and O–H groups in total. The van der Waals surface area contributed by atoms with Gasteiger partial charge in [0.25, 0.3) is 0 Å². The van der Waals surface area contributed by atoms with Gasteiger partial charge in [0.2, 0.25) is 17.1 Å². The van der Waals surface area contributed by atoms with Crippen LogP contribution in [0, 0.1) is 41.5 Å². The summed E-state index contributed by atoms with van der Waals surface area (Å²) in [6, 6.07) is 32.0. The van der Waals surface area contributed by atoms with E-state index in [9.17, 15) is 0 Å². The van der Waals surface area contributed by atoms with Gasteiger partial charge >= 0.3 is 0 Å². The fraction of sp³-hybridized carbons (Fsp3) is 0.450. The number of aromatic nitrogens is 3. The molecule has 0 bridgehead atoms. The Labute approximate surface area is 389 Å². The molecule has 0 aliphatic rings. The summed E-state index contributed by atoms with van der Waals surface area (Å²) in [6.07, 6.45) is 13.8. The van der Waals surface area contributed by atoms with Crippen molar-refractivity contribution in [3.05, 3.63) is 160 Å². The molecule has 3 aromatic heterocycles. The molecule has 0 spiro atoms. The van der Waals surface area contributed by atoms with Gasteiger partial charge in [-0.3, -0.25) is 0 Å². The lowest BCUT2D eigenvalue weighted by Gasteiger charge is -2.28. The van der Waals surface area contributed by atoms with Crippen LogP contribution < -0.4 is 13.7 Å². The summed E-state index contributed by atoms with van der Waals surface area (Å²) < 4.78 is 29.4. The molecule has 0 saturated carbocycles. The van der Waals surface area contributed by atoms with E-state index in [-0.39, 0.29) is 16.2 Å². The molecular formula is C60H84N3+3. The van der Waals surface area contributed by atoms with Crippen LogP contribution in [0.4, 0.5) is 0 Å². The van der Waals surface area contributed by atoms with Gasteiger partial charge in [0.05, 0.1) is 0 Å². The fourth-order valence-corrected chi connectivity index (χ4v) is 9.00. The van der Waals surface area contributed by atoms with Gasteiger partial charge in [0.15, 0.2) is 18.6 Å². The third-order valence-electron chi connectivity index (χ3n) is 15.1. The molecule has 0 radical (unpaired) electrons. The third-order valence-corrected chi connectivity index (χ3v) is 15.1. The van der Waals surface area contributed by atoms with E-state index in [0.717, 1.165) is 29.7 Å². The minimum Gasteiger partial charge on any atom is -0.201 e. The lowest BCUT2D eigenvalue weighted by atomic mass is 9.76. The molecule has 0 unspecified atom stereocenters. The Morgan fingerprint density at radius 2 is 0.825 bits per heavy atom. The molecule has 0 atom stereocenters. The number of aryl methyl sites for hydroxylation is 9. The highest BCUT2D eigenvalue weighted by atomic mass is 14.9. The summed E-state index contributed by atoms with van der Waals surface area (Å²) in [4.78, 5) is 0. The van der Waals surface area contributed by atoms with Gasteiger partial charge in [0, 0.05) is 55.7 Å². The number of nitrogens with zero attached hydrogens (tertiary/aromatic N) is 3. The first-order valence-corrected chi connectivity index (χ1v) is 23.7. The molecule has 6 aromatic rings. The second-order valence-corrected chi connectivity index (χ2v) is 19.2. The molecule has 0 saturated heterocycles. The van der Waals surface area contributed by atoms with Crippen molar-refractivity contribution in [2.24, 2.45) is 21.1 Å². The van der Waals surface area contributed by atoms with E-state index in [0.29, 0.717) is 5.56 Å². The SMILES string of the molecule is CCC(C)(CC)c1c[n+](C)c(-c2ccccc2C)cc1C.CCC(C)(CC)c1ccc(-c2ccc(C)cc2C)[n+](C)c1.[2H]C([2H])([2H])c1ccc(-c2ccc(C(C)(CC)CC)c[n+]2C)c(C)c1. The normalized spacial score (nSPS) is 12.6. The highest BCUT2D eigenvalue weighted by Gasteiger charge is 2.29. The second kappa shape index (κ2) is 21.7. The molecule has 3 heteroatoms. The quantitative estimate of drug-likeness (QED) is 0.109. The molecule has 0 amide bonds. The smallest absolute Gasteiger partial charge is 0.201 e. The zero-order valence-electron chi connectivity index (χ0n) is 45.5. The van der Waals surface area contributed by atoms with Gasteiger partial charge < -0.3 is 0 Å². The Kier molecular flexibility index (Phi) is 15.9. The van der Waals surface area contributed by atoms with Crippen LogP contribution in [0.3, 0.4) is 0 Å². The molecule has 336 valence electrons. The van der Waals surface area contributed by atoms with Crippen LogP contribution in [0.15, 0.2) is 110 Å². The Balaban J connectivity index is 0.000000217. The van der Waals surface area contributed by atoms with Crippen molar-refractivity contribution in [3.8, 4) is 33.8 Å². The molecule has 0 aliphatic heterocycles. The van der Waals surface area contributed by atoms with Gasteiger partial charge in [-0.15, -0.1) is 0 Å². The monoisotopic (exact) mass is 850 g/mol. The van der Waals surface area contributed by atoms with Crippen LogP contribution in [0.1, 0.15) is 155 Å². The number of hydrogen-bond acceptors (Lipinski definition) is 0. The first kappa shape index (κ1) is 46.1. The maximum atomic E-state index is 7.55. The van der Waals surface area contributed by atoms with Gasteiger partial charge in [0.1, 0.15) is 21.1 Å². The molecule has 63 heavy (non-hydrogen) atoms. The summed E-state index contributed by atoms with van der Waals surface area (Å²) in [6.45, 7) is 29.3. The van der Waals surface area contributed by atoms with Crippen molar-refractivity contribution in [2.75, 3.05) is 0 Å². The molecule has 3 nitrogen and oxygen atoms in total. The number of rotatable bonds is 12. The predicted octanol–water partition coefficient (Wildman–Crippen LogP) is 14.6. The number of hydrogen-bond donors (Lipinski definition) is 0. The minimum absolute atomic E-state index is 0.191. The van der Waals surface area contributed by atoms with Crippen molar-refractivity contribution >= 4 is 0 Å². The Bertz CT molecular complexity index is 2570. The summed E-state index contributed by atoms with van der Waals surface area (Å²) in [5, 5.41) is 0. The van der Waals surface area contributed by atoms with Gasteiger partial charge in [-0.05, 0) is 149 Å². The van der Waals surface area contributed by atoms with Crippen molar-refractivity contribution < 1.29 is 17.8 Å². The molecule has 3 aromatic carbocycles. The molecule has 3 heterocycles. The van der Waals surface area contributed by atoms with E-state index >= 15 is 0 Å². The van der Waals surface area contributed by atoms with E-state index in [1.54, 1.807) is 12.1 Å². The van der Waals surface area contributed by atoms with Crippen LogP contribution in [-0.2, 0) is 37.4 Å². The van der Waals surface area contributed by atoms with Crippen molar-refractivity contribution in [1.29, 1.82) is 0 Å². The summed E-state index contributed by atoms with van der Waals surface area (Å²) in [7, 11) is 6.38. The van der Waals surface area contributed by atoms with Gasteiger partial charge in [-0.1, -0.05) is 116 Å². The maximum absolute atomic E-state index is 7.55. The van der Waals surface area contributed by atoms with Crippen LogP contribution in [0.25, 0.3) is 33.8 Å². The molecular weight excluding hydrogens is 763 g/mol. The molecule has 0 aliphatic carbocycles. The summed E-state index contributed by atoms with van der Waals surface area (Å²) in [5.41, 5.74) is 19.2. The lowest BCUT2D eigenvalue weighted by molar-refractivity contribution is -0.661. The first-order chi connectivity index (χ1) is 31.0. The third kappa shape index (κ3) is 11.6. The molecule has 6 rings (SSSR count). The van der Waals surface area contributed by atoms with E-state index in [1.807, 2.05) is 13.0 Å². The Hall–Kier alpha value is -4.89. The van der Waals surface area contributed by atoms with Crippen LogP contribution in [0.5, 0.6) is 0 Å². The zero-order chi connectivity index (χ0) is 49.4. The number of pyridine rings is 3. The average Bonchev–Trinajstić information content (AvgIpc) is 3.29. The predicted molar refractivity (Wildman–Crippen MR) is 271 cm³/mol. The topological polar surface area (TPSA) is 11.6 Å². The zero-order valence-corrected chi connectivity index (χ0v) is 42.5.